The number of fused-ring (bicyclic) bond motifs is 1. The first-order valence-electron chi connectivity index (χ1n) is 9.59. The van der Waals surface area contributed by atoms with Gasteiger partial charge >= 0.3 is 0 Å². The SMILES string of the molecule is O=C1CSc2ccc(C(=O)N3CCC(CCc4ccccc4)CC3)cc2N1. The lowest BCUT2D eigenvalue weighted by Gasteiger charge is -2.32. The van der Waals surface area contributed by atoms with E-state index in [0.29, 0.717) is 17.2 Å². The van der Waals surface area contributed by atoms with Crippen LogP contribution in [0.5, 0.6) is 0 Å². The fraction of sp³-hybridized carbons (Fsp3) is 0.364. The topological polar surface area (TPSA) is 49.4 Å². The molecule has 1 N–H and O–H groups in total. The zero-order valence-electron chi connectivity index (χ0n) is 15.3. The summed E-state index contributed by atoms with van der Waals surface area (Å²) in [6.45, 7) is 1.63. The lowest BCUT2D eigenvalue weighted by atomic mass is 9.90. The van der Waals surface area contributed by atoms with Crippen molar-refractivity contribution in [2.24, 2.45) is 5.92 Å². The summed E-state index contributed by atoms with van der Waals surface area (Å²) in [4.78, 5) is 27.4. The standard InChI is InChI=1S/C22H24N2O2S/c25-21-15-27-20-9-8-18(14-19(20)23-21)22(26)24-12-10-17(11-13-24)7-6-16-4-2-1-3-5-16/h1-5,8-9,14,17H,6-7,10-13,15H2,(H,23,25). The summed E-state index contributed by atoms with van der Waals surface area (Å²) in [7, 11) is 0. The highest BCUT2D eigenvalue weighted by atomic mass is 32.2. The average Bonchev–Trinajstić information content (AvgIpc) is 2.72. The molecular formula is C22H24N2O2S. The number of carbonyl (C=O) groups excluding carboxylic acids is 2. The summed E-state index contributed by atoms with van der Waals surface area (Å²) in [5.74, 6) is 1.20. The molecule has 0 atom stereocenters. The molecule has 2 aliphatic rings. The van der Waals surface area contributed by atoms with E-state index in [1.807, 2.05) is 23.1 Å². The summed E-state index contributed by atoms with van der Waals surface area (Å²) >= 11 is 1.52. The van der Waals surface area contributed by atoms with E-state index in [4.69, 9.17) is 0 Å². The molecule has 4 rings (SSSR count). The molecule has 0 unspecified atom stereocenters. The van der Waals surface area contributed by atoms with Crippen LogP contribution in [0.2, 0.25) is 0 Å². The van der Waals surface area contributed by atoms with Crippen molar-refractivity contribution < 1.29 is 9.59 Å². The highest BCUT2D eigenvalue weighted by Gasteiger charge is 2.25. The Morgan fingerprint density at radius 2 is 1.89 bits per heavy atom. The molecule has 0 spiro atoms. The van der Waals surface area contributed by atoms with Gasteiger partial charge in [0.1, 0.15) is 0 Å². The zero-order chi connectivity index (χ0) is 18.6. The van der Waals surface area contributed by atoms with Crippen LogP contribution in [0.15, 0.2) is 53.4 Å². The number of piperidine rings is 1. The Labute approximate surface area is 164 Å². The predicted octanol–water partition coefficient (Wildman–Crippen LogP) is 4.22. The summed E-state index contributed by atoms with van der Waals surface area (Å²) in [6.07, 6.45) is 4.43. The molecule has 0 saturated carbocycles. The first-order chi connectivity index (χ1) is 13.2. The van der Waals surface area contributed by atoms with Gasteiger partial charge in [0.2, 0.25) is 5.91 Å². The third-order valence-electron chi connectivity index (χ3n) is 5.45. The van der Waals surface area contributed by atoms with Crippen LogP contribution >= 0.6 is 11.8 Å². The van der Waals surface area contributed by atoms with Gasteiger partial charge in [0.15, 0.2) is 0 Å². The number of carbonyl (C=O) groups is 2. The second-order valence-electron chi connectivity index (χ2n) is 7.31. The first-order valence-corrected chi connectivity index (χ1v) is 10.6. The van der Waals surface area contributed by atoms with Gasteiger partial charge < -0.3 is 10.2 Å². The molecule has 1 saturated heterocycles. The molecule has 140 valence electrons. The second-order valence-corrected chi connectivity index (χ2v) is 8.32. The van der Waals surface area contributed by atoms with Gasteiger partial charge in [-0.2, -0.15) is 0 Å². The number of hydrogen-bond acceptors (Lipinski definition) is 3. The molecule has 2 aromatic rings. The van der Waals surface area contributed by atoms with Gasteiger partial charge in [0, 0.05) is 23.5 Å². The van der Waals surface area contributed by atoms with Crippen molar-refractivity contribution in [1.82, 2.24) is 4.90 Å². The van der Waals surface area contributed by atoms with Crippen LogP contribution in [0.3, 0.4) is 0 Å². The summed E-state index contributed by atoms with van der Waals surface area (Å²) in [6, 6.07) is 16.3. The van der Waals surface area contributed by atoms with E-state index in [2.05, 4.69) is 35.6 Å². The molecule has 0 bridgehead atoms. The summed E-state index contributed by atoms with van der Waals surface area (Å²) in [5, 5.41) is 2.87. The molecule has 27 heavy (non-hydrogen) atoms. The second kappa shape index (κ2) is 8.17. The van der Waals surface area contributed by atoms with Crippen LogP contribution in [0.25, 0.3) is 0 Å². The first kappa shape index (κ1) is 18.1. The van der Waals surface area contributed by atoms with Crippen molar-refractivity contribution in [2.45, 2.75) is 30.6 Å². The van der Waals surface area contributed by atoms with Crippen LogP contribution in [-0.2, 0) is 11.2 Å². The lowest BCUT2D eigenvalue weighted by molar-refractivity contribution is -0.113. The summed E-state index contributed by atoms with van der Waals surface area (Å²) < 4.78 is 0. The lowest BCUT2D eigenvalue weighted by Crippen LogP contribution is -2.38. The highest BCUT2D eigenvalue weighted by Crippen LogP contribution is 2.32. The van der Waals surface area contributed by atoms with Crippen LogP contribution in [-0.4, -0.2) is 35.6 Å². The Morgan fingerprint density at radius 3 is 2.67 bits per heavy atom. The molecular weight excluding hydrogens is 356 g/mol. The minimum Gasteiger partial charge on any atom is -0.339 e. The van der Waals surface area contributed by atoms with Crippen molar-refractivity contribution in [3.05, 3.63) is 59.7 Å². The number of rotatable bonds is 4. The van der Waals surface area contributed by atoms with Crippen molar-refractivity contribution >= 4 is 29.3 Å². The number of anilines is 1. The number of hydrogen-bond donors (Lipinski definition) is 1. The van der Waals surface area contributed by atoms with Gasteiger partial charge in [-0.05, 0) is 55.4 Å². The van der Waals surface area contributed by atoms with E-state index >= 15 is 0 Å². The number of thioether (sulfide) groups is 1. The number of amides is 2. The van der Waals surface area contributed by atoms with Crippen LogP contribution in [0.4, 0.5) is 5.69 Å². The number of likely N-dealkylation sites (tertiary alicyclic amines) is 1. The number of aryl methyl sites for hydroxylation is 1. The summed E-state index contributed by atoms with van der Waals surface area (Å²) in [5.41, 5.74) is 2.82. The molecule has 0 aromatic heterocycles. The molecule has 2 aromatic carbocycles. The Kier molecular flexibility index (Phi) is 5.48. The van der Waals surface area contributed by atoms with Gasteiger partial charge in [-0.15, -0.1) is 11.8 Å². The molecule has 0 radical (unpaired) electrons. The Bertz CT molecular complexity index is 829. The largest absolute Gasteiger partial charge is 0.339 e. The number of nitrogens with one attached hydrogen (secondary N) is 1. The molecule has 2 amide bonds. The normalized spacial score (nSPS) is 17.3. The van der Waals surface area contributed by atoms with E-state index in [9.17, 15) is 9.59 Å². The molecule has 4 nitrogen and oxygen atoms in total. The Morgan fingerprint density at radius 1 is 1.11 bits per heavy atom. The third kappa shape index (κ3) is 4.35. The van der Waals surface area contributed by atoms with Crippen LogP contribution in [0.1, 0.15) is 35.2 Å². The van der Waals surface area contributed by atoms with Gasteiger partial charge in [-0.3, -0.25) is 9.59 Å². The van der Waals surface area contributed by atoms with Gasteiger partial charge in [0.05, 0.1) is 11.4 Å². The molecule has 2 heterocycles. The zero-order valence-corrected chi connectivity index (χ0v) is 16.1. The van der Waals surface area contributed by atoms with E-state index in [1.54, 1.807) is 0 Å². The quantitative estimate of drug-likeness (QED) is 0.864. The smallest absolute Gasteiger partial charge is 0.253 e. The maximum absolute atomic E-state index is 12.9. The number of benzene rings is 2. The average molecular weight is 381 g/mol. The van der Waals surface area contributed by atoms with E-state index < -0.39 is 0 Å². The van der Waals surface area contributed by atoms with Gasteiger partial charge in [0.25, 0.3) is 5.91 Å². The Hall–Kier alpha value is -2.27. The van der Waals surface area contributed by atoms with E-state index in [1.165, 1.54) is 23.7 Å². The predicted molar refractivity (Wildman–Crippen MR) is 109 cm³/mol. The third-order valence-corrected chi connectivity index (χ3v) is 6.52. The van der Waals surface area contributed by atoms with E-state index in [0.717, 1.165) is 42.9 Å². The minimum atomic E-state index is -0.00340. The molecule has 2 aliphatic heterocycles. The molecule has 5 heteroatoms. The minimum absolute atomic E-state index is 0.00340. The molecule has 1 fully saturated rings. The van der Waals surface area contributed by atoms with Crippen molar-refractivity contribution in [3.63, 3.8) is 0 Å². The van der Waals surface area contributed by atoms with Crippen LogP contribution < -0.4 is 5.32 Å². The van der Waals surface area contributed by atoms with Crippen molar-refractivity contribution in [1.29, 1.82) is 0 Å². The Balaban J connectivity index is 1.32. The molecule has 0 aliphatic carbocycles. The van der Waals surface area contributed by atoms with E-state index in [-0.39, 0.29) is 11.8 Å². The fourth-order valence-corrected chi connectivity index (χ4v) is 4.63. The number of nitrogens with zero attached hydrogens (tertiary/aromatic N) is 1. The maximum atomic E-state index is 12.9. The maximum Gasteiger partial charge on any atom is 0.253 e. The monoisotopic (exact) mass is 380 g/mol. The van der Waals surface area contributed by atoms with Crippen molar-refractivity contribution in [3.8, 4) is 0 Å². The van der Waals surface area contributed by atoms with Gasteiger partial charge in [-0.25, -0.2) is 0 Å². The fourth-order valence-electron chi connectivity index (χ4n) is 3.84. The highest BCUT2D eigenvalue weighted by molar-refractivity contribution is 8.00. The van der Waals surface area contributed by atoms with Crippen molar-refractivity contribution in [2.75, 3.05) is 24.2 Å². The van der Waals surface area contributed by atoms with Crippen LogP contribution in [0, 0.1) is 5.92 Å². The van der Waals surface area contributed by atoms with Gasteiger partial charge in [-0.1, -0.05) is 30.3 Å².